The monoisotopic (exact) mass is 328 g/mol. The minimum Gasteiger partial charge on any atom is -0.389 e. The van der Waals surface area contributed by atoms with Crippen molar-refractivity contribution in [1.82, 2.24) is 4.31 Å². The summed E-state index contributed by atoms with van der Waals surface area (Å²) in [5.74, 6) is 0. The first kappa shape index (κ1) is 16.4. The Morgan fingerprint density at radius 1 is 1.48 bits per heavy atom. The summed E-state index contributed by atoms with van der Waals surface area (Å²) in [7, 11) is -1.94. The molecule has 0 amide bonds. The lowest BCUT2D eigenvalue weighted by atomic mass is 10.1. The van der Waals surface area contributed by atoms with Gasteiger partial charge < -0.3 is 10.5 Å². The fourth-order valence-electron chi connectivity index (χ4n) is 2.26. The third-order valence-electron chi connectivity index (χ3n) is 3.52. The number of thiocarbonyl (C=S) groups is 1. The van der Waals surface area contributed by atoms with Gasteiger partial charge in [-0.15, -0.1) is 0 Å². The van der Waals surface area contributed by atoms with Gasteiger partial charge in [-0.1, -0.05) is 18.3 Å². The van der Waals surface area contributed by atoms with Gasteiger partial charge in [0.1, 0.15) is 4.99 Å². The van der Waals surface area contributed by atoms with Crippen molar-refractivity contribution in [3.05, 3.63) is 29.3 Å². The first-order valence-corrected chi connectivity index (χ1v) is 8.64. The number of hydrogen-bond donors (Lipinski definition) is 1. The molecule has 1 saturated carbocycles. The van der Waals surface area contributed by atoms with Crippen molar-refractivity contribution in [2.24, 2.45) is 5.73 Å². The molecule has 1 aliphatic rings. The van der Waals surface area contributed by atoms with Crippen molar-refractivity contribution >= 4 is 27.2 Å². The molecule has 0 bridgehead atoms. The molecule has 5 nitrogen and oxygen atoms in total. The molecule has 0 heterocycles. The standard InChI is InChI=1S/C14H20N2O3S2/c1-10-9-11(14(15)20)3-6-13(10)21(17,18)16(7-8-19-2)12-4-5-12/h3,6,9,12H,4-5,7-8H2,1-2H3,(H2,15,20). The van der Waals surface area contributed by atoms with Gasteiger partial charge in [0, 0.05) is 25.3 Å². The van der Waals surface area contributed by atoms with Crippen LogP contribution in [-0.2, 0) is 14.8 Å². The topological polar surface area (TPSA) is 72.6 Å². The molecule has 0 aliphatic heterocycles. The first-order valence-electron chi connectivity index (χ1n) is 6.79. The molecule has 116 valence electrons. The second kappa shape index (κ2) is 6.39. The Bertz CT molecular complexity index is 640. The maximum Gasteiger partial charge on any atom is 0.243 e. The Balaban J connectivity index is 2.35. The summed E-state index contributed by atoms with van der Waals surface area (Å²) < 4.78 is 32.2. The Kier molecular flexibility index (Phi) is 4.98. The zero-order chi connectivity index (χ0) is 15.6. The largest absolute Gasteiger partial charge is 0.389 e. The fourth-order valence-corrected chi connectivity index (χ4v) is 4.26. The van der Waals surface area contributed by atoms with E-state index in [1.54, 1.807) is 36.5 Å². The highest BCUT2D eigenvalue weighted by Crippen LogP contribution is 2.32. The molecule has 2 N–H and O–H groups in total. The quantitative estimate of drug-likeness (QED) is 0.767. The molecule has 7 heteroatoms. The Labute approximate surface area is 131 Å². The lowest BCUT2D eigenvalue weighted by molar-refractivity contribution is 0.177. The van der Waals surface area contributed by atoms with Crippen molar-refractivity contribution in [3.63, 3.8) is 0 Å². The molecule has 0 atom stereocenters. The van der Waals surface area contributed by atoms with Crippen molar-refractivity contribution < 1.29 is 13.2 Å². The average Bonchev–Trinajstić information content (AvgIpc) is 3.23. The van der Waals surface area contributed by atoms with Crippen LogP contribution in [0.25, 0.3) is 0 Å². The molecule has 0 radical (unpaired) electrons. The van der Waals surface area contributed by atoms with Crippen LogP contribution in [0, 0.1) is 6.92 Å². The van der Waals surface area contributed by atoms with Gasteiger partial charge in [0.25, 0.3) is 0 Å². The number of rotatable bonds is 7. The molecule has 0 unspecified atom stereocenters. The molecule has 0 saturated heterocycles. The normalized spacial score (nSPS) is 15.4. The van der Waals surface area contributed by atoms with Crippen molar-refractivity contribution in [3.8, 4) is 0 Å². The molecule has 0 spiro atoms. The van der Waals surface area contributed by atoms with Gasteiger partial charge in [-0.2, -0.15) is 4.31 Å². The van der Waals surface area contributed by atoms with E-state index in [2.05, 4.69) is 0 Å². The van der Waals surface area contributed by atoms with E-state index in [1.165, 1.54) is 0 Å². The summed E-state index contributed by atoms with van der Waals surface area (Å²) in [6.45, 7) is 2.52. The zero-order valence-corrected chi connectivity index (χ0v) is 13.8. The second-order valence-corrected chi connectivity index (χ2v) is 7.48. The number of methoxy groups -OCH3 is 1. The van der Waals surface area contributed by atoms with Crippen molar-refractivity contribution in [1.29, 1.82) is 0 Å². The maximum absolute atomic E-state index is 12.8. The van der Waals surface area contributed by atoms with Gasteiger partial charge in [0.2, 0.25) is 10.0 Å². The number of hydrogen-bond acceptors (Lipinski definition) is 4. The van der Waals surface area contributed by atoms with Gasteiger partial charge in [0.15, 0.2) is 0 Å². The van der Waals surface area contributed by atoms with Crippen LogP contribution in [0.3, 0.4) is 0 Å². The highest BCUT2D eigenvalue weighted by Gasteiger charge is 2.38. The summed E-state index contributed by atoms with van der Waals surface area (Å²) in [6.07, 6.45) is 1.82. The number of nitrogens with zero attached hydrogens (tertiary/aromatic N) is 1. The van der Waals surface area contributed by atoms with E-state index in [0.717, 1.165) is 12.8 Å². The van der Waals surface area contributed by atoms with E-state index in [-0.39, 0.29) is 11.0 Å². The number of benzene rings is 1. The van der Waals surface area contributed by atoms with Crippen LogP contribution >= 0.6 is 12.2 Å². The van der Waals surface area contributed by atoms with Crippen LogP contribution in [0.4, 0.5) is 0 Å². The molecule has 1 aliphatic carbocycles. The van der Waals surface area contributed by atoms with Gasteiger partial charge in [-0.25, -0.2) is 8.42 Å². The second-order valence-electron chi connectivity index (χ2n) is 5.18. The summed E-state index contributed by atoms with van der Waals surface area (Å²) in [4.78, 5) is 0.575. The maximum atomic E-state index is 12.8. The van der Waals surface area contributed by atoms with E-state index >= 15 is 0 Å². The summed E-state index contributed by atoms with van der Waals surface area (Å²) in [6, 6.07) is 5.06. The molecule has 21 heavy (non-hydrogen) atoms. The SMILES string of the molecule is COCCN(C1CC1)S(=O)(=O)c1ccc(C(N)=S)cc1C. The smallest absolute Gasteiger partial charge is 0.243 e. The van der Waals surface area contributed by atoms with E-state index < -0.39 is 10.0 Å². The van der Waals surface area contributed by atoms with Gasteiger partial charge in [-0.05, 0) is 37.5 Å². The van der Waals surface area contributed by atoms with Crippen LogP contribution in [0.1, 0.15) is 24.0 Å². The Morgan fingerprint density at radius 2 is 2.14 bits per heavy atom. The predicted molar refractivity (Wildman–Crippen MR) is 85.9 cm³/mol. The minimum atomic E-state index is -3.51. The van der Waals surface area contributed by atoms with Crippen LogP contribution in [-0.4, -0.2) is 44.0 Å². The lowest BCUT2D eigenvalue weighted by Gasteiger charge is -2.22. The molecule has 1 aromatic carbocycles. The Morgan fingerprint density at radius 3 is 2.62 bits per heavy atom. The van der Waals surface area contributed by atoms with E-state index in [9.17, 15) is 8.42 Å². The molecular formula is C14H20N2O3S2. The number of sulfonamides is 1. The van der Waals surface area contributed by atoms with Crippen LogP contribution in [0.5, 0.6) is 0 Å². The molecule has 2 rings (SSSR count). The molecule has 1 fully saturated rings. The number of ether oxygens (including phenoxy) is 1. The van der Waals surface area contributed by atoms with Gasteiger partial charge in [0.05, 0.1) is 11.5 Å². The van der Waals surface area contributed by atoms with Crippen LogP contribution < -0.4 is 5.73 Å². The third kappa shape index (κ3) is 3.60. The highest BCUT2D eigenvalue weighted by atomic mass is 32.2. The van der Waals surface area contributed by atoms with Gasteiger partial charge in [-0.3, -0.25) is 0 Å². The first-order chi connectivity index (χ1) is 9.87. The highest BCUT2D eigenvalue weighted by molar-refractivity contribution is 7.89. The minimum absolute atomic E-state index is 0.0970. The van der Waals surface area contributed by atoms with Crippen molar-refractivity contribution in [2.75, 3.05) is 20.3 Å². The number of nitrogens with two attached hydrogens (primary N) is 1. The summed E-state index contributed by atoms with van der Waals surface area (Å²) in [5, 5.41) is 0. The van der Waals surface area contributed by atoms with E-state index in [0.29, 0.717) is 29.2 Å². The van der Waals surface area contributed by atoms with Crippen molar-refractivity contribution in [2.45, 2.75) is 30.7 Å². The molecule has 1 aromatic rings. The molecular weight excluding hydrogens is 308 g/mol. The summed E-state index contributed by atoms with van der Waals surface area (Å²) >= 11 is 4.92. The van der Waals surface area contributed by atoms with E-state index in [1.807, 2.05) is 0 Å². The fraction of sp³-hybridized carbons (Fsp3) is 0.500. The number of aryl methyl sites for hydroxylation is 1. The summed E-state index contributed by atoms with van der Waals surface area (Å²) in [5.41, 5.74) is 6.91. The predicted octanol–water partition coefficient (Wildman–Crippen LogP) is 1.43. The van der Waals surface area contributed by atoms with Gasteiger partial charge >= 0.3 is 0 Å². The van der Waals surface area contributed by atoms with Crippen LogP contribution in [0.2, 0.25) is 0 Å². The average molecular weight is 328 g/mol. The van der Waals surface area contributed by atoms with Crippen LogP contribution in [0.15, 0.2) is 23.1 Å². The Hall–Kier alpha value is -1.02. The lowest BCUT2D eigenvalue weighted by Crippen LogP contribution is -2.36. The molecule has 0 aromatic heterocycles. The zero-order valence-electron chi connectivity index (χ0n) is 12.2. The van der Waals surface area contributed by atoms with E-state index in [4.69, 9.17) is 22.7 Å². The third-order valence-corrected chi connectivity index (χ3v) is 5.86.